The maximum atomic E-state index is 10.8. The van der Waals surface area contributed by atoms with Crippen LogP contribution in [-0.4, -0.2) is 30.9 Å². The molecule has 0 aliphatic heterocycles. The van der Waals surface area contributed by atoms with Crippen molar-refractivity contribution in [3.63, 3.8) is 0 Å². The lowest BCUT2D eigenvalue weighted by molar-refractivity contribution is -0.151. The molecule has 1 aromatic rings. The zero-order valence-corrected chi connectivity index (χ0v) is 7.84. The lowest BCUT2D eigenvalue weighted by Crippen LogP contribution is -2.28. The first-order chi connectivity index (χ1) is 6.74. The maximum absolute atomic E-state index is 10.8. The topological polar surface area (TPSA) is 55.8 Å². The Kier molecular flexibility index (Phi) is 3.94. The number of aliphatic hydroxyl groups is 1. The monoisotopic (exact) mass is 196 g/mol. The number of esters is 1. The van der Waals surface area contributed by atoms with E-state index in [4.69, 9.17) is 4.74 Å². The van der Waals surface area contributed by atoms with Crippen LogP contribution in [0.4, 0.5) is 0 Å². The third-order valence-electron chi connectivity index (χ3n) is 1.62. The molecular weight excluding hydrogens is 184 g/mol. The Morgan fingerprint density at radius 1 is 1.43 bits per heavy atom. The minimum absolute atomic E-state index is 0.101. The Bertz CT molecular complexity index is 283. The molecule has 0 saturated heterocycles. The zero-order chi connectivity index (χ0) is 10.4. The molecule has 4 nitrogen and oxygen atoms in total. The number of benzene rings is 1. The van der Waals surface area contributed by atoms with E-state index in [0.717, 1.165) is 0 Å². The van der Waals surface area contributed by atoms with Crippen molar-refractivity contribution >= 4 is 5.97 Å². The summed E-state index contributed by atoms with van der Waals surface area (Å²) in [4.78, 5) is 10.8. The molecular formula is C10H12O4. The van der Waals surface area contributed by atoms with Crippen molar-refractivity contribution in [1.29, 1.82) is 0 Å². The van der Waals surface area contributed by atoms with Crippen LogP contribution in [0.5, 0.6) is 5.75 Å². The van der Waals surface area contributed by atoms with Crippen molar-refractivity contribution in [1.82, 2.24) is 0 Å². The first kappa shape index (κ1) is 10.5. The molecule has 0 amide bonds. The van der Waals surface area contributed by atoms with E-state index in [2.05, 4.69) is 4.74 Å². The minimum atomic E-state index is -1.24. The SMILES string of the molecule is COC(=O)C(O)COc1ccccc1. The molecule has 0 aliphatic carbocycles. The van der Waals surface area contributed by atoms with Gasteiger partial charge in [-0.3, -0.25) is 0 Å². The summed E-state index contributed by atoms with van der Waals surface area (Å²) in [5, 5.41) is 9.18. The number of hydrogen-bond donors (Lipinski definition) is 1. The second kappa shape index (κ2) is 5.24. The van der Waals surface area contributed by atoms with Gasteiger partial charge in [-0.15, -0.1) is 0 Å². The standard InChI is InChI=1S/C10H12O4/c1-13-10(12)9(11)7-14-8-5-3-2-4-6-8/h2-6,9,11H,7H2,1H3. The van der Waals surface area contributed by atoms with Crippen molar-refractivity contribution in [3.05, 3.63) is 30.3 Å². The summed E-state index contributed by atoms with van der Waals surface area (Å²) in [6, 6.07) is 8.94. The van der Waals surface area contributed by atoms with Gasteiger partial charge in [0.2, 0.25) is 0 Å². The summed E-state index contributed by atoms with van der Waals surface area (Å²) >= 11 is 0. The van der Waals surface area contributed by atoms with E-state index in [9.17, 15) is 9.90 Å². The third-order valence-corrected chi connectivity index (χ3v) is 1.62. The number of ether oxygens (including phenoxy) is 2. The molecule has 4 heteroatoms. The number of para-hydroxylation sites is 1. The molecule has 0 aliphatic rings. The van der Waals surface area contributed by atoms with E-state index in [1.807, 2.05) is 6.07 Å². The largest absolute Gasteiger partial charge is 0.490 e. The highest BCUT2D eigenvalue weighted by Gasteiger charge is 2.15. The van der Waals surface area contributed by atoms with Gasteiger partial charge in [-0.25, -0.2) is 4.79 Å². The molecule has 0 spiro atoms. The van der Waals surface area contributed by atoms with Gasteiger partial charge in [0, 0.05) is 0 Å². The molecule has 0 heterocycles. The maximum Gasteiger partial charge on any atom is 0.338 e. The van der Waals surface area contributed by atoms with E-state index in [-0.39, 0.29) is 6.61 Å². The van der Waals surface area contributed by atoms with Crippen molar-refractivity contribution in [3.8, 4) is 5.75 Å². The number of hydrogen-bond acceptors (Lipinski definition) is 4. The normalized spacial score (nSPS) is 11.9. The molecule has 0 bridgehead atoms. The molecule has 1 unspecified atom stereocenters. The van der Waals surface area contributed by atoms with Gasteiger partial charge in [-0.05, 0) is 12.1 Å². The van der Waals surface area contributed by atoms with Crippen molar-refractivity contribution in [2.45, 2.75) is 6.10 Å². The van der Waals surface area contributed by atoms with Crippen LogP contribution in [0.1, 0.15) is 0 Å². The summed E-state index contributed by atoms with van der Waals surface area (Å²) in [5.41, 5.74) is 0. The van der Waals surface area contributed by atoms with Crippen LogP contribution in [0.2, 0.25) is 0 Å². The second-order valence-corrected chi connectivity index (χ2v) is 2.66. The molecule has 1 atom stereocenters. The highest BCUT2D eigenvalue weighted by atomic mass is 16.5. The number of aliphatic hydroxyl groups excluding tert-OH is 1. The zero-order valence-electron chi connectivity index (χ0n) is 7.84. The van der Waals surface area contributed by atoms with Crippen LogP contribution < -0.4 is 4.74 Å². The van der Waals surface area contributed by atoms with Crippen molar-refractivity contribution in [2.24, 2.45) is 0 Å². The van der Waals surface area contributed by atoms with Gasteiger partial charge in [0.25, 0.3) is 0 Å². The van der Waals surface area contributed by atoms with Crippen molar-refractivity contribution in [2.75, 3.05) is 13.7 Å². The fourth-order valence-corrected chi connectivity index (χ4v) is 0.896. The Morgan fingerprint density at radius 2 is 2.07 bits per heavy atom. The number of methoxy groups -OCH3 is 1. The average molecular weight is 196 g/mol. The Labute approximate surface area is 82.1 Å². The number of carbonyl (C=O) groups is 1. The Morgan fingerprint density at radius 3 is 2.64 bits per heavy atom. The van der Waals surface area contributed by atoms with Crippen LogP contribution in [0.3, 0.4) is 0 Å². The quantitative estimate of drug-likeness (QED) is 0.716. The second-order valence-electron chi connectivity index (χ2n) is 2.66. The smallest absolute Gasteiger partial charge is 0.338 e. The predicted molar refractivity (Wildman–Crippen MR) is 50.0 cm³/mol. The van der Waals surface area contributed by atoms with Crippen molar-refractivity contribution < 1.29 is 19.4 Å². The number of rotatable bonds is 4. The van der Waals surface area contributed by atoms with Gasteiger partial charge in [-0.1, -0.05) is 18.2 Å². The van der Waals surface area contributed by atoms with Crippen LogP contribution in [0.25, 0.3) is 0 Å². The first-order valence-electron chi connectivity index (χ1n) is 4.18. The van der Waals surface area contributed by atoms with E-state index in [1.165, 1.54) is 7.11 Å². The van der Waals surface area contributed by atoms with E-state index >= 15 is 0 Å². The van der Waals surface area contributed by atoms with Gasteiger partial charge in [0.1, 0.15) is 12.4 Å². The fourth-order valence-electron chi connectivity index (χ4n) is 0.896. The molecule has 76 valence electrons. The number of carbonyl (C=O) groups excluding carboxylic acids is 1. The van der Waals surface area contributed by atoms with Crippen LogP contribution in [0, 0.1) is 0 Å². The molecule has 0 fully saturated rings. The molecule has 1 rings (SSSR count). The minimum Gasteiger partial charge on any atom is -0.490 e. The van der Waals surface area contributed by atoms with Crippen LogP contribution in [0.15, 0.2) is 30.3 Å². The highest BCUT2D eigenvalue weighted by molar-refractivity contribution is 5.74. The molecule has 1 aromatic carbocycles. The summed E-state index contributed by atoms with van der Waals surface area (Å²) in [5.74, 6) is -0.0867. The van der Waals surface area contributed by atoms with Gasteiger partial charge in [-0.2, -0.15) is 0 Å². The van der Waals surface area contributed by atoms with Gasteiger partial charge in [0.15, 0.2) is 6.10 Å². The van der Waals surface area contributed by atoms with Gasteiger partial charge < -0.3 is 14.6 Å². The molecule has 1 N–H and O–H groups in total. The summed E-state index contributed by atoms with van der Waals surface area (Å²) in [6.45, 7) is -0.101. The summed E-state index contributed by atoms with van der Waals surface area (Å²) in [6.07, 6.45) is -1.24. The Hall–Kier alpha value is -1.55. The predicted octanol–water partition coefficient (Wildman–Crippen LogP) is 0.599. The third kappa shape index (κ3) is 3.06. The lowest BCUT2D eigenvalue weighted by atomic mass is 10.3. The Balaban J connectivity index is 2.38. The van der Waals surface area contributed by atoms with E-state index in [1.54, 1.807) is 24.3 Å². The van der Waals surface area contributed by atoms with Gasteiger partial charge >= 0.3 is 5.97 Å². The highest BCUT2D eigenvalue weighted by Crippen LogP contribution is 2.08. The van der Waals surface area contributed by atoms with Crippen LogP contribution in [-0.2, 0) is 9.53 Å². The van der Waals surface area contributed by atoms with Gasteiger partial charge in [0.05, 0.1) is 7.11 Å². The summed E-state index contributed by atoms with van der Waals surface area (Å²) < 4.78 is 9.47. The molecule has 14 heavy (non-hydrogen) atoms. The molecule has 0 aromatic heterocycles. The first-order valence-corrected chi connectivity index (χ1v) is 4.18. The average Bonchev–Trinajstić information content (AvgIpc) is 2.26. The molecule has 0 radical (unpaired) electrons. The molecule has 0 saturated carbocycles. The lowest BCUT2D eigenvalue weighted by Gasteiger charge is -2.09. The summed E-state index contributed by atoms with van der Waals surface area (Å²) in [7, 11) is 1.22. The van der Waals surface area contributed by atoms with E-state index < -0.39 is 12.1 Å². The fraction of sp³-hybridized carbons (Fsp3) is 0.300. The van der Waals surface area contributed by atoms with E-state index in [0.29, 0.717) is 5.75 Å². The van der Waals surface area contributed by atoms with Crippen LogP contribution >= 0.6 is 0 Å².